The Morgan fingerprint density at radius 2 is 1.93 bits per heavy atom. The highest BCUT2D eigenvalue weighted by Crippen LogP contribution is 2.26. The Bertz CT molecular complexity index is 933. The third-order valence-corrected chi connectivity index (χ3v) is 4.19. The smallest absolute Gasteiger partial charge is 0.243 e. The van der Waals surface area contributed by atoms with Crippen molar-refractivity contribution in [2.45, 2.75) is 19.5 Å². The van der Waals surface area contributed by atoms with Crippen LogP contribution in [0, 0.1) is 0 Å². The van der Waals surface area contributed by atoms with Crippen LogP contribution >= 0.6 is 0 Å². The first-order valence-corrected chi connectivity index (χ1v) is 8.83. The second-order valence-corrected chi connectivity index (χ2v) is 5.94. The van der Waals surface area contributed by atoms with E-state index >= 15 is 0 Å². The average molecular weight is 365 g/mol. The molecule has 27 heavy (non-hydrogen) atoms. The molecule has 0 aliphatic heterocycles. The lowest BCUT2D eigenvalue weighted by molar-refractivity contribution is -0.116. The zero-order valence-corrected chi connectivity index (χ0v) is 15.4. The molecule has 6 nitrogen and oxygen atoms in total. The molecule has 3 rings (SSSR count). The first kappa shape index (κ1) is 18.5. The summed E-state index contributed by atoms with van der Waals surface area (Å²) in [4.78, 5) is 16.1. The fourth-order valence-electron chi connectivity index (χ4n) is 2.89. The highest BCUT2D eigenvalue weighted by molar-refractivity contribution is 5.86. The third-order valence-electron chi connectivity index (χ3n) is 4.19. The predicted octanol–water partition coefficient (Wildman–Crippen LogP) is 3.32. The van der Waals surface area contributed by atoms with Crippen LogP contribution in [0.15, 0.2) is 61.2 Å². The second-order valence-electron chi connectivity index (χ2n) is 5.94. The van der Waals surface area contributed by atoms with Gasteiger partial charge in [0.2, 0.25) is 5.91 Å². The van der Waals surface area contributed by atoms with Gasteiger partial charge >= 0.3 is 0 Å². The summed E-state index contributed by atoms with van der Waals surface area (Å²) in [6.45, 7) is 5.11. The van der Waals surface area contributed by atoms with E-state index in [9.17, 15) is 4.79 Å². The maximum absolute atomic E-state index is 11.5. The number of methoxy groups -OCH3 is 1. The highest BCUT2D eigenvalue weighted by Gasteiger charge is 2.11. The van der Waals surface area contributed by atoms with Crippen molar-refractivity contribution < 1.29 is 14.3 Å². The van der Waals surface area contributed by atoms with Crippen LogP contribution in [0.4, 0.5) is 0 Å². The van der Waals surface area contributed by atoms with Crippen LogP contribution in [0.2, 0.25) is 0 Å². The number of carbonyl (C=O) groups is 1. The van der Waals surface area contributed by atoms with E-state index in [0.717, 1.165) is 41.3 Å². The van der Waals surface area contributed by atoms with Crippen LogP contribution in [0.5, 0.6) is 11.5 Å². The van der Waals surface area contributed by atoms with Gasteiger partial charge in [-0.25, -0.2) is 4.98 Å². The van der Waals surface area contributed by atoms with Crippen molar-refractivity contribution in [3.8, 4) is 11.5 Å². The normalized spacial score (nSPS) is 10.6. The molecule has 0 aliphatic rings. The van der Waals surface area contributed by atoms with Crippen LogP contribution in [-0.2, 0) is 17.9 Å². The lowest BCUT2D eigenvalue weighted by atomic mass is 10.3. The third kappa shape index (κ3) is 4.47. The highest BCUT2D eigenvalue weighted by atomic mass is 16.5. The van der Waals surface area contributed by atoms with Gasteiger partial charge in [0, 0.05) is 6.54 Å². The van der Waals surface area contributed by atoms with Gasteiger partial charge in [0.25, 0.3) is 0 Å². The van der Waals surface area contributed by atoms with Gasteiger partial charge in [0.1, 0.15) is 5.82 Å². The summed E-state index contributed by atoms with van der Waals surface area (Å²) in [6.07, 6.45) is 2.05. The van der Waals surface area contributed by atoms with E-state index < -0.39 is 0 Å². The Morgan fingerprint density at radius 3 is 2.70 bits per heavy atom. The van der Waals surface area contributed by atoms with Crippen LogP contribution in [0.3, 0.4) is 0 Å². The van der Waals surface area contributed by atoms with Gasteiger partial charge in [-0.05, 0) is 36.8 Å². The number of benzene rings is 2. The number of nitrogens with zero attached hydrogens (tertiary/aromatic N) is 2. The van der Waals surface area contributed by atoms with Crippen LogP contribution < -0.4 is 14.8 Å². The number of nitrogens with one attached hydrogen (secondary N) is 1. The van der Waals surface area contributed by atoms with Gasteiger partial charge in [-0.15, -0.1) is 0 Å². The topological polar surface area (TPSA) is 65.4 Å². The summed E-state index contributed by atoms with van der Waals surface area (Å²) in [7, 11) is 1.63. The molecule has 0 saturated carbocycles. The molecule has 0 saturated heterocycles. The first-order chi connectivity index (χ1) is 13.2. The molecule has 1 aromatic heterocycles. The summed E-state index contributed by atoms with van der Waals surface area (Å²) >= 11 is 0. The number of aryl methyl sites for hydroxylation is 1. The largest absolute Gasteiger partial charge is 0.493 e. The molecule has 0 atom stereocenters. The summed E-state index contributed by atoms with van der Waals surface area (Å²) in [5.41, 5.74) is 1.95. The number of imidazole rings is 1. The molecule has 2 aromatic carbocycles. The minimum absolute atomic E-state index is 0.215. The minimum atomic E-state index is -0.215. The number of carbonyl (C=O) groups excluding carboxylic acids is 1. The molecular formula is C21H23N3O3. The molecular weight excluding hydrogens is 342 g/mol. The van der Waals surface area contributed by atoms with Gasteiger partial charge in [-0.2, -0.15) is 0 Å². The van der Waals surface area contributed by atoms with Crippen molar-refractivity contribution in [1.82, 2.24) is 14.9 Å². The van der Waals surface area contributed by atoms with E-state index in [1.54, 1.807) is 7.11 Å². The van der Waals surface area contributed by atoms with E-state index in [-0.39, 0.29) is 5.91 Å². The molecule has 0 radical (unpaired) electrons. The molecule has 1 N–H and O–H groups in total. The summed E-state index contributed by atoms with van der Waals surface area (Å²) < 4.78 is 13.3. The number of fused-ring (bicyclic) bond motifs is 1. The SMILES string of the molecule is C=CC(=O)NCc1nc2ccccc2n1CCCOc1ccccc1OC. The van der Waals surface area contributed by atoms with Crippen molar-refractivity contribution in [3.05, 3.63) is 67.0 Å². The van der Waals surface area contributed by atoms with E-state index in [2.05, 4.69) is 21.4 Å². The lowest BCUT2D eigenvalue weighted by Crippen LogP contribution is -2.22. The van der Waals surface area contributed by atoms with Crippen molar-refractivity contribution in [3.63, 3.8) is 0 Å². The van der Waals surface area contributed by atoms with Gasteiger partial charge < -0.3 is 19.4 Å². The molecule has 0 bridgehead atoms. The number of rotatable bonds is 9. The summed E-state index contributed by atoms with van der Waals surface area (Å²) in [6, 6.07) is 15.5. The molecule has 0 spiro atoms. The predicted molar refractivity (Wildman–Crippen MR) is 105 cm³/mol. The molecule has 0 fully saturated rings. The molecule has 6 heteroatoms. The van der Waals surface area contributed by atoms with Crippen LogP contribution in [0.25, 0.3) is 11.0 Å². The Labute approximate surface area is 158 Å². The van der Waals surface area contributed by atoms with Crippen molar-refractivity contribution >= 4 is 16.9 Å². The molecule has 3 aromatic rings. The molecule has 0 aliphatic carbocycles. The summed E-state index contributed by atoms with van der Waals surface area (Å²) in [5.74, 6) is 2.05. The number of hydrogen-bond acceptors (Lipinski definition) is 4. The fraction of sp³-hybridized carbons (Fsp3) is 0.238. The first-order valence-electron chi connectivity index (χ1n) is 8.83. The zero-order chi connectivity index (χ0) is 19.1. The second kappa shape index (κ2) is 8.89. The molecule has 1 amide bonds. The Balaban J connectivity index is 1.67. The van der Waals surface area contributed by atoms with Gasteiger partial charge in [-0.1, -0.05) is 30.8 Å². The summed E-state index contributed by atoms with van der Waals surface area (Å²) in [5, 5.41) is 2.79. The van der Waals surface area contributed by atoms with E-state index in [0.29, 0.717) is 13.2 Å². The molecule has 140 valence electrons. The number of hydrogen-bond donors (Lipinski definition) is 1. The molecule has 0 unspecified atom stereocenters. The van der Waals surface area contributed by atoms with E-state index in [1.807, 2.05) is 48.5 Å². The Hall–Kier alpha value is -3.28. The lowest BCUT2D eigenvalue weighted by Gasteiger charge is -2.12. The average Bonchev–Trinajstić information content (AvgIpc) is 3.07. The maximum Gasteiger partial charge on any atom is 0.243 e. The van der Waals surface area contributed by atoms with Crippen LogP contribution in [-0.4, -0.2) is 29.2 Å². The van der Waals surface area contributed by atoms with E-state index in [4.69, 9.17) is 9.47 Å². The standard InChI is InChI=1S/C21H23N3O3/c1-3-21(25)22-15-20-23-16-9-4-5-10-17(16)24(20)13-8-14-27-19-12-7-6-11-18(19)26-2/h3-7,9-12H,1,8,13-15H2,2H3,(H,22,25). The van der Waals surface area contributed by atoms with Gasteiger partial charge in [0.15, 0.2) is 11.5 Å². The number of amides is 1. The van der Waals surface area contributed by atoms with Crippen molar-refractivity contribution in [1.29, 1.82) is 0 Å². The Kier molecular flexibility index (Phi) is 6.10. The fourth-order valence-corrected chi connectivity index (χ4v) is 2.89. The number of aromatic nitrogens is 2. The monoisotopic (exact) mass is 365 g/mol. The Morgan fingerprint density at radius 1 is 1.19 bits per heavy atom. The minimum Gasteiger partial charge on any atom is -0.493 e. The quantitative estimate of drug-likeness (QED) is 0.467. The van der Waals surface area contributed by atoms with E-state index in [1.165, 1.54) is 6.08 Å². The van der Waals surface area contributed by atoms with Gasteiger partial charge in [-0.3, -0.25) is 4.79 Å². The number of ether oxygens (including phenoxy) is 2. The van der Waals surface area contributed by atoms with Crippen molar-refractivity contribution in [2.75, 3.05) is 13.7 Å². The molecule has 1 heterocycles. The maximum atomic E-state index is 11.5. The number of para-hydroxylation sites is 4. The van der Waals surface area contributed by atoms with Crippen molar-refractivity contribution in [2.24, 2.45) is 0 Å². The zero-order valence-electron chi connectivity index (χ0n) is 15.4. The van der Waals surface area contributed by atoms with Crippen LogP contribution in [0.1, 0.15) is 12.2 Å². The van der Waals surface area contributed by atoms with Gasteiger partial charge in [0.05, 0.1) is 31.3 Å².